The minimum atomic E-state index is -0.627. The fourth-order valence-corrected chi connectivity index (χ4v) is 2.47. The van der Waals surface area contributed by atoms with Gasteiger partial charge in [-0.2, -0.15) is 0 Å². The second-order valence-electron chi connectivity index (χ2n) is 7.17. The molecule has 1 aromatic carbocycles. The van der Waals surface area contributed by atoms with Gasteiger partial charge >= 0.3 is 7.12 Å². The first-order chi connectivity index (χ1) is 11.5. The molecule has 0 saturated carbocycles. The lowest BCUT2D eigenvalue weighted by Crippen LogP contribution is -2.41. The largest absolute Gasteiger partial charge is 0.492 e. The lowest BCUT2D eigenvalue weighted by Gasteiger charge is -2.32. The van der Waals surface area contributed by atoms with Crippen LogP contribution in [-0.4, -0.2) is 36.7 Å². The van der Waals surface area contributed by atoms with Crippen LogP contribution in [0.5, 0.6) is 0 Å². The molecule has 1 fully saturated rings. The van der Waals surface area contributed by atoms with Crippen LogP contribution < -0.4 is 11.1 Å². The Hall–Kier alpha value is -2.12. The number of hydrogen-bond acceptors (Lipinski definition) is 4. The summed E-state index contributed by atoms with van der Waals surface area (Å²) in [7, 11) is -0.627. The average Bonchev–Trinajstić information content (AvgIpc) is 2.71. The van der Waals surface area contributed by atoms with E-state index in [9.17, 15) is 9.59 Å². The van der Waals surface area contributed by atoms with Crippen molar-refractivity contribution < 1.29 is 18.9 Å². The third-order valence-corrected chi connectivity index (χ3v) is 4.66. The zero-order valence-corrected chi connectivity index (χ0v) is 15.4. The molecule has 25 heavy (non-hydrogen) atoms. The lowest BCUT2D eigenvalue weighted by molar-refractivity contribution is -0.118. The van der Waals surface area contributed by atoms with Gasteiger partial charge in [-0.3, -0.25) is 9.59 Å². The van der Waals surface area contributed by atoms with E-state index in [-0.39, 0.29) is 12.5 Å². The molecule has 1 aromatic rings. The van der Waals surface area contributed by atoms with Crippen LogP contribution in [-0.2, 0) is 14.1 Å². The Bertz CT molecular complexity index is 697. The molecule has 1 aliphatic rings. The fourth-order valence-electron chi connectivity index (χ4n) is 2.47. The van der Waals surface area contributed by atoms with Crippen molar-refractivity contribution in [2.24, 2.45) is 5.73 Å². The highest BCUT2D eigenvalue weighted by Gasteiger charge is 2.52. The standard InChI is InChI=1S/C18H25BN2O4/c1-12(22)21-11-14(19-24-17(2,3)18(4,5)25-19)10-13-8-6-7-9-15(13)16(20)23/h6-10H,11H2,1-5H3,(H2,20,23)(H,21,22). The van der Waals surface area contributed by atoms with Crippen molar-refractivity contribution in [2.45, 2.75) is 45.8 Å². The normalized spacial score (nSPS) is 18.9. The molecule has 2 amide bonds. The van der Waals surface area contributed by atoms with Gasteiger partial charge in [-0.15, -0.1) is 0 Å². The third kappa shape index (κ3) is 4.30. The Balaban J connectivity index is 2.41. The molecule has 2 rings (SSSR count). The highest BCUT2D eigenvalue weighted by molar-refractivity contribution is 6.56. The molecule has 1 saturated heterocycles. The maximum atomic E-state index is 11.7. The van der Waals surface area contributed by atoms with Crippen LogP contribution in [0.25, 0.3) is 6.08 Å². The van der Waals surface area contributed by atoms with Crippen molar-refractivity contribution in [3.05, 3.63) is 40.9 Å². The van der Waals surface area contributed by atoms with E-state index in [4.69, 9.17) is 15.0 Å². The Morgan fingerprint density at radius 2 is 1.72 bits per heavy atom. The number of rotatable bonds is 5. The molecule has 1 aliphatic heterocycles. The van der Waals surface area contributed by atoms with E-state index < -0.39 is 24.2 Å². The first-order valence-electron chi connectivity index (χ1n) is 8.23. The molecule has 6 nitrogen and oxygen atoms in total. The Morgan fingerprint density at radius 3 is 2.24 bits per heavy atom. The topological polar surface area (TPSA) is 90.7 Å². The van der Waals surface area contributed by atoms with Crippen molar-refractivity contribution in [3.8, 4) is 0 Å². The van der Waals surface area contributed by atoms with Crippen molar-refractivity contribution >= 4 is 25.0 Å². The summed E-state index contributed by atoms with van der Waals surface area (Å²) in [5.74, 6) is -0.676. The molecule has 0 aliphatic carbocycles. The molecule has 0 atom stereocenters. The van der Waals surface area contributed by atoms with Crippen LogP contribution in [0.4, 0.5) is 0 Å². The molecular weight excluding hydrogens is 319 g/mol. The van der Waals surface area contributed by atoms with Crippen LogP contribution in [0.2, 0.25) is 0 Å². The van der Waals surface area contributed by atoms with Crippen molar-refractivity contribution in [3.63, 3.8) is 0 Å². The Labute approximate surface area is 148 Å². The average molecular weight is 344 g/mol. The summed E-state index contributed by atoms with van der Waals surface area (Å²) >= 11 is 0. The number of primary amides is 1. The van der Waals surface area contributed by atoms with E-state index in [2.05, 4.69) is 5.32 Å². The van der Waals surface area contributed by atoms with E-state index >= 15 is 0 Å². The molecule has 1 heterocycles. The molecule has 0 spiro atoms. The third-order valence-electron chi connectivity index (χ3n) is 4.66. The Morgan fingerprint density at radius 1 is 1.16 bits per heavy atom. The second kappa shape index (κ2) is 7.02. The van der Waals surface area contributed by atoms with Crippen LogP contribution in [0.1, 0.15) is 50.5 Å². The van der Waals surface area contributed by atoms with E-state index in [0.29, 0.717) is 16.6 Å². The zero-order chi connectivity index (χ0) is 18.8. The summed E-state index contributed by atoms with van der Waals surface area (Å²) in [5.41, 5.74) is 6.21. The van der Waals surface area contributed by atoms with E-state index in [1.54, 1.807) is 24.3 Å². The number of carbonyl (C=O) groups is 2. The number of hydrogen-bond donors (Lipinski definition) is 2. The number of carbonyl (C=O) groups excluding carboxylic acids is 2. The highest BCUT2D eigenvalue weighted by atomic mass is 16.7. The molecular formula is C18H25BN2O4. The number of nitrogens with one attached hydrogen (secondary N) is 1. The summed E-state index contributed by atoms with van der Waals surface area (Å²) < 4.78 is 12.1. The summed E-state index contributed by atoms with van der Waals surface area (Å²) in [6.07, 6.45) is 1.79. The van der Waals surface area contributed by atoms with Gasteiger partial charge in [-0.25, -0.2) is 0 Å². The lowest BCUT2D eigenvalue weighted by atomic mass is 9.76. The first-order valence-corrected chi connectivity index (χ1v) is 8.23. The van der Waals surface area contributed by atoms with Gasteiger partial charge in [0.25, 0.3) is 0 Å². The molecule has 7 heteroatoms. The van der Waals surface area contributed by atoms with Gasteiger partial charge < -0.3 is 20.4 Å². The van der Waals surface area contributed by atoms with Gasteiger partial charge in [-0.05, 0) is 44.8 Å². The van der Waals surface area contributed by atoms with Crippen molar-refractivity contribution in [1.82, 2.24) is 5.32 Å². The molecule has 0 unspecified atom stereocenters. The minimum Gasteiger partial charge on any atom is -0.400 e. The monoisotopic (exact) mass is 344 g/mol. The second-order valence-corrected chi connectivity index (χ2v) is 7.17. The van der Waals surface area contributed by atoms with Crippen molar-refractivity contribution in [2.75, 3.05) is 6.54 Å². The molecule has 0 bridgehead atoms. The molecule has 0 aromatic heterocycles. The number of benzene rings is 1. The number of nitrogens with two attached hydrogens (primary N) is 1. The minimum absolute atomic E-state index is 0.161. The van der Waals surface area contributed by atoms with Crippen LogP contribution in [0, 0.1) is 0 Å². The summed E-state index contributed by atoms with van der Waals surface area (Å²) in [6.45, 7) is 9.53. The number of amides is 2. The van der Waals surface area contributed by atoms with Crippen LogP contribution in [0.15, 0.2) is 29.7 Å². The predicted octanol–water partition coefficient (Wildman–Crippen LogP) is 1.94. The van der Waals surface area contributed by atoms with Gasteiger partial charge in [0, 0.05) is 19.0 Å². The molecule has 0 radical (unpaired) electrons. The van der Waals surface area contributed by atoms with Crippen LogP contribution >= 0.6 is 0 Å². The zero-order valence-electron chi connectivity index (χ0n) is 15.4. The van der Waals surface area contributed by atoms with Crippen LogP contribution in [0.3, 0.4) is 0 Å². The van der Waals surface area contributed by atoms with Gasteiger partial charge in [-0.1, -0.05) is 24.3 Å². The predicted molar refractivity (Wildman–Crippen MR) is 97.7 cm³/mol. The fraction of sp³-hybridized carbons (Fsp3) is 0.444. The summed E-state index contributed by atoms with van der Waals surface area (Å²) in [5, 5.41) is 2.76. The van der Waals surface area contributed by atoms with Gasteiger partial charge in [0.1, 0.15) is 0 Å². The van der Waals surface area contributed by atoms with E-state index in [1.165, 1.54) is 6.92 Å². The maximum absolute atomic E-state index is 11.7. The maximum Gasteiger partial charge on any atom is 0.492 e. The van der Waals surface area contributed by atoms with Gasteiger partial charge in [0.05, 0.1) is 11.2 Å². The van der Waals surface area contributed by atoms with Crippen molar-refractivity contribution in [1.29, 1.82) is 0 Å². The summed E-state index contributed by atoms with van der Waals surface area (Å²) in [4.78, 5) is 23.0. The Kier molecular flexibility index (Phi) is 5.39. The highest BCUT2D eigenvalue weighted by Crippen LogP contribution is 2.38. The van der Waals surface area contributed by atoms with Gasteiger partial charge in [0.15, 0.2) is 0 Å². The smallest absolute Gasteiger partial charge is 0.400 e. The molecule has 134 valence electrons. The molecule has 3 N–H and O–H groups in total. The van der Waals surface area contributed by atoms with Gasteiger partial charge in [0.2, 0.25) is 11.8 Å². The van der Waals surface area contributed by atoms with E-state index in [0.717, 1.165) is 0 Å². The SMILES string of the molecule is CC(=O)NCC(=Cc1ccccc1C(N)=O)B1OC(C)(C)C(C)(C)O1. The quantitative estimate of drug-likeness (QED) is 0.799. The van der Waals surface area contributed by atoms with E-state index in [1.807, 2.05) is 33.8 Å². The summed E-state index contributed by atoms with van der Waals surface area (Å²) in [6, 6.07) is 7.02. The first kappa shape index (κ1) is 19.2.